The summed E-state index contributed by atoms with van der Waals surface area (Å²) in [6.45, 7) is 6.98. The Morgan fingerprint density at radius 3 is 2.00 bits per heavy atom. The van der Waals surface area contributed by atoms with Gasteiger partial charge in [0, 0.05) is 12.5 Å². The number of carbonyl (C=O) groups excluding carboxylic acids is 1. The highest BCUT2D eigenvalue weighted by Gasteiger charge is 1.86. The van der Waals surface area contributed by atoms with Crippen LogP contribution in [0.4, 0.5) is 0 Å². The maximum atomic E-state index is 10.1. The van der Waals surface area contributed by atoms with Crippen molar-refractivity contribution in [3.63, 3.8) is 0 Å². The number of hydrogen-bond donors (Lipinski definition) is 1. The Balaban J connectivity index is 0. The number of esters is 1. The van der Waals surface area contributed by atoms with E-state index in [2.05, 4.69) is 11.3 Å². The highest BCUT2D eigenvalue weighted by Crippen LogP contribution is 1.74. The second kappa shape index (κ2) is 9.68. The van der Waals surface area contributed by atoms with Gasteiger partial charge < -0.3 is 9.84 Å². The van der Waals surface area contributed by atoms with Crippen LogP contribution < -0.4 is 0 Å². The summed E-state index contributed by atoms with van der Waals surface area (Å²) in [5, 5.41) is 7.72. The second-order valence-corrected chi connectivity index (χ2v) is 1.70. The van der Waals surface area contributed by atoms with Gasteiger partial charge in [0.1, 0.15) is 0 Å². The number of hydrogen-bond acceptors (Lipinski definition) is 3. The van der Waals surface area contributed by atoms with E-state index in [-0.39, 0.29) is 12.4 Å². The van der Waals surface area contributed by atoms with Gasteiger partial charge in [-0.3, -0.25) is 4.79 Å². The lowest BCUT2D eigenvalue weighted by molar-refractivity contribution is -0.137. The van der Waals surface area contributed by atoms with Gasteiger partial charge in [-0.15, -0.1) is 0 Å². The fourth-order valence-electron chi connectivity index (χ4n) is 0.201. The third-order valence-corrected chi connectivity index (χ3v) is 0.756. The van der Waals surface area contributed by atoms with Crippen molar-refractivity contribution in [1.82, 2.24) is 0 Å². The van der Waals surface area contributed by atoms with E-state index in [0.29, 0.717) is 6.61 Å². The molecule has 12 heavy (non-hydrogen) atoms. The summed E-state index contributed by atoms with van der Waals surface area (Å²) in [5.41, 5.74) is 0. The molecular formula is C8H14O4. The lowest BCUT2D eigenvalue weighted by atomic mass is 10.5. The van der Waals surface area contributed by atoms with Gasteiger partial charge in [0.05, 0.1) is 6.61 Å². The van der Waals surface area contributed by atoms with Crippen molar-refractivity contribution in [3.05, 3.63) is 12.7 Å². The third kappa shape index (κ3) is 15.9. The average Bonchev–Trinajstić information content (AvgIpc) is 2.06. The molecule has 0 fully saturated rings. The number of aliphatic carboxylic acids is 1. The van der Waals surface area contributed by atoms with Crippen molar-refractivity contribution >= 4 is 11.9 Å². The van der Waals surface area contributed by atoms with E-state index in [4.69, 9.17) is 5.11 Å². The molecule has 0 aliphatic heterocycles. The average molecular weight is 174 g/mol. The predicted octanol–water partition coefficient (Wildman–Crippen LogP) is 1.22. The summed E-state index contributed by atoms with van der Waals surface area (Å²) in [6.07, 6.45) is 1.36. The van der Waals surface area contributed by atoms with Crippen LogP contribution in [-0.4, -0.2) is 23.7 Å². The minimum Gasteiger partial charge on any atom is -0.481 e. The highest BCUT2D eigenvalue weighted by molar-refractivity contribution is 5.81. The number of ether oxygens (including phenoxy) is 1. The molecule has 0 spiro atoms. The number of rotatable bonds is 3. The molecule has 1 N–H and O–H groups in total. The number of carboxylic acid groups (broad SMARTS) is 1. The van der Waals surface area contributed by atoms with Crippen molar-refractivity contribution in [2.75, 3.05) is 6.61 Å². The molecule has 0 aromatic rings. The van der Waals surface area contributed by atoms with Crippen LogP contribution in [0.5, 0.6) is 0 Å². The molecular weight excluding hydrogens is 160 g/mol. The summed E-state index contributed by atoms with van der Waals surface area (Å²) in [7, 11) is 0. The van der Waals surface area contributed by atoms with Gasteiger partial charge in [0.15, 0.2) is 0 Å². The molecule has 0 aromatic carbocycles. The van der Waals surface area contributed by atoms with Gasteiger partial charge in [-0.25, -0.2) is 4.79 Å². The van der Waals surface area contributed by atoms with Crippen LogP contribution in [0.1, 0.15) is 20.3 Å². The summed E-state index contributed by atoms with van der Waals surface area (Å²) >= 11 is 0. The fraction of sp³-hybridized carbons (Fsp3) is 0.500. The van der Waals surface area contributed by atoms with Crippen molar-refractivity contribution in [2.45, 2.75) is 20.3 Å². The molecule has 0 unspecified atom stereocenters. The summed E-state index contributed by atoms with van der Waals surface area (Å²) in [6, 6.07) is 0. The third-order valence-electron chi connectivity index (χ3n) is 0.756. The van der Waals surface area contributed by atoms with Gasteiger partial charge in [0.2, 0.25) is 0 Å². The fourth-order valence-corrected chi connectivity index (χ4v) is 0.201. The van der Waals surface area contributed by atoms with Crippen LogP contribution >= 0.6 is 0 Å². The molecule has 4 heteroatoms. The van der Waals surface area contributed by atoms with Crippen LogP contribution in [0.3, 0.4) is 0 Å². The van der Waals surface area contributed by atoms with E-state index < -0.39 is 5.97 Å². The molecule has 0 saturated heterocycles. The Morgan fingerprint density at radius 2 is 1.92 bits per heavy atom. The molecule has 0 radical (unpaired) electrons. The van der Waals surface area contributed by atoms with Crippen molar-refractivity contribution in [2.24, 2.45) is 0 Å². The quantitative estimate of drug-likeness (QED) is 0.516. The maximum Gasteiger partial charge on any atom is 0.330 e. The largest absolute Gasteiger partial charge is 0.481 e. The van der Waals surface area contributed by atoms with Crippen LogP contribution in [0.15, 0.2) is 12.7 Å². The minimum absolute atomic E-state index is 0.222. The first-order valence-corrected chi connectivity index (χ1v) is 3.59. The number of carbonyl (C=O) groups is 2. The lowest BCUT2D eigenvalue weighted by Gasteiger charge is -1.90. The maximum absolute atomic E-state index is 10.1. The molecule has 0 rings (SSSR count). The van der Waals surface area contributed by atoms with Crippen LogP contribution in [0, 0.1) is 0 Å². The van der Waals surface area contributed by atoms with E-state index in [1.807, 2.05) is 0 Å². The monoisotopic (exact) mass is 174 g/mol. The molecule has 0 heterocycles. The first kappa shape index (κ1) is 13.3. The zero-order chi connectivity index (χ0) is 9.98. The molecule has 0 atom stereocenters. The summed E-state index contributed by atoms with van der Waals surface area (Å²) in [4.78, 5) is 19.4. The smallest absolute Gasteiger partial charge is 0.330 e. The van der Waals surface area contributed by atoms with Crippen molar-refractivity contribution < 1.29 is 19.4 Å². The molecule has 0 aliphatic rings. The van der Waals surface area contributed by atoms with Gasteiger partial charge in [-0.1, -0.05) is 13.5 Å². The molecule has 0 aliphatic carbocycles. The van der Waals surface area contributed by atoms with E-state index >= 15 is 0 Å². The Morgan fingerprint density at radius 1 is 1.50 bits per heavy atom. The van der Waals surface area contributed by atoms with Gasteiger partial charge in [0.25, 0.3) is 0 Å². The zero-order valence-corrected chi connectivity index (χ0v) is 7.37. The highest BCUT2D eigenvalue weighted by atomic mass is 16.5. The van der Waals surface area contributed by atoms with E-state index in [0.717, 1.165) is 6.08 Å². The zero-order valence-electron chi connectivity index (χ0n) is 7.37. The first-order chi connectivity index (χ1) is 5.58. The molecule has 0 saturated carbocycles. The molecule has 0 aromatic heterocycles. The van der Waals surface area contributed by atoms with Crippen LogP contribution in [-0.2, 0) is 14.3 Å². The SMILES string of the molecule is C=CC(=O)OCC.CCC(=O)O. The molecule has 4 nitrogen and oxygen atoms in total. The van der Waals surface area contributed by atoms with Crippen molar-refractivity contribution in [3.8, 4) is 0 Å². The number of carboxylic acids is 1. The lowest BCUT2D eigenvalue weighted by Crippen LogP contribution is -1.97. The summed E-state index contributed by atoms with van der Waals surface area (Å²) in [5.74, 6) is -1.10. The Hall–Kier alpha value is -1.32. The standard InChI is InChI=1S/C5H8O2.C3H6O2/c1-3-5(6)7-4-2;1-2-3(4)5/h3H,1,4H2,2H3;2H2,1H3,(H,4,5). The van der Waals surface area contributed by atoms with Gasteiger partial charge in [-0.2, -0.15) is 0 Å². The van der Waals surface area contributed by atoms with Crippen LogP contribution in [0.25, 0.3) is 0 Å². The van der Waals surface area contributed by atoms with Crippen molar-refractivity contribution in [1.29, 1.82) is 0 Å². The normalized spacial score (nSPS) is 7.50. The van der Waals surface area contributed by atoms with E-state index in [1.165, 1.54) is 0 Å². The van der Waals surface area contributed by atoms with Crippen LogP contribution in [0.2, 0.25) is 0 Å². The van der Waals surface area contributed by atoms with E-state index in [9.17, 15) is 9.59 Å². The van der Waals surface area contributed by atoms with Gasteiger partial charge >= 0.3 is 11.9 Å². The Kier molecular flexibility index (Phi) is 10.7. The molecule has 70 valence electrons. The Labute approximate surface area is 71.8 Å². The summed E-state index contributed by atoms with van der Waals surface area (Å²) < 4.78 is 4.43. The topological polar surface area (TPSA) is 63.6 Å². The first-order valence-electron chi connectivity index (χ1n) is 3.59. The predicted molar refractivity (Wildman–Crippen MR) is 44.8 cm³/mol. The molecule has 0 bridgehead atoms. The Bertz CT molecular complexity index is 151. The van der Waals surface area contributed by atoms with Gasteiger partial charge in [-0.05, 0) is 6.92 Å². The second-order valence-electron chi connectivity index (χ2n) is 1.70. The molecule has 0 amide bonds. The van der Waals surface area contributed by atoms with E-state index in [1.54, 1.807) is 13.8 Å². The minimum atomic E-state index is -0.745.